The van der Waals surface area contributed by atoms with Crippen molar-refractivity contribution in [3.8, 4) is 0 Å². The number of nitrogens with two attached hydrogens (primary N) is 2. The minimum absolute atomic E-state index is 0.0830. The number of oxime groups is 1. The molecule has 3 amide bonds. The summed E-state index contributed by atoms with van der Waals surface area (Å²) in [6.45, 7) is -0.294. The number of hydrogen-bond acceptors (Lipinski definition) is 10. The first kappa shape index (κ1) is 25.2. The van der Waals surface area contributed by atoms with Crippen LogP contribution in [0, 0.1) is 0 Å². The Hall–Kier alpha value is -4.44. The first-order chi connectivity index (χ1) is 18.2. The van der Waals surface area contributed by atoms with Crippen LogP contribution in [0.1, 0.15) is 5.69 Å². The van der Waals surface area contributed by atoms with Crippen LogP contribution in [0.2, 0.25) is 0 Å². The molecule has 2 atom stereocenters. The molecule has 16 heteroatoms. The number of amides is 3. The Morgan fingerprint density at radius 3 is 2.84 bits per heavy atom. The number of primary amides is 1. The molecule has 2 aliphatic rings. The number of anilines is 1. The molecular formula is C22H21N8O6S2+. The molecule has 0 aliphatic carbocycles. The van der Waals surface area contributed by atoms with Crippen molar-refractivity contribution in [2.75, 3.05) is 18.1 Å². The SMILES string of the molecule is NC(=O)CO/N=C(\C(=O)N[C@@H]1C(=O)N2C(C(=O)O)=C(C[n+]3ccn4ccccc43)CS[C@@H]12)c1csc(N)n1. The van der Waals surface area contributed by atoms with Gasteiger partial charge in [0.05, 0.1) is 6.20 Å². The predicted molar refractivity (Wildman–Crippen MR) is 135 cm³/mol. The van der Waals surface area contributed by atoms with Crippen LogP contribution in [0.15, 0.2) is 58.6 Å². The van der Waals surface area contributed by atoms with Gasteiger partial charge < -0.3 is 26.7 Å². The number of pyridine rings is 1. The van der Waals surface area contributed by atoms with E-state index in [0.29, 0.717) is 11.3 Å². The van der Waals surface area contributed by atoms with Crippen LogP contribution in [0.5, 0.6) is 0 Å². The summed E-state index contributed by atoms with van der Waals surface area (Å²) in [4.78, 5) is 59.4. The van der Waals surface area contributed by atoms with E-state index < -0.39 is 41.7 Å². The quantitative estimate of drug-likeness (QED) is 0.109. The zero-order chi connectivity index (χ0) is 27.0. The van der Waals surface area contributed by atoms with Crippen molar-refractivity contribution < 1.29 is 33.7 Å². The maximum atomic E-state index is 13.1. The van der Waals surface area contributed by atoms with Crippen LogP contribution in [-0.4, -0.2) is 72.6 Å². The fourth-order valence-corrected chi connectivity index (χ4v) is 6.04. The number of carbonyl (C=O) groups excluding carboxylic acids is 3. The number of thioether (sulfide) groups is 1. The van der Waals surface area contributed by atoms with Gasteiger partial charge in [0.25, 0.3) is 23.4 Å². The Bertz CT molecular complexity index is 1530. The fourth-order valence-electron chi connectivity index (χ4n) is 4.16. The Kier molecular flexibility index (Phi) is 6.73. The number of β-lactam (4-membered cyclic amide) rings is 1. The topological polar surface area (TPSA) is 199 Å². The summed E-state index contributed by atoms with van der Waals surface area (Å²) < 4.78 is 3.80. The number of aliphatic carboxylic acids is 1. The molecule has 5 rings (SSSR count). The molecule has 2 aliphatic heterocycles. The fraction of sp³-hybridized carbons (Fsp3) is 0.227. The Morgan fingerprint density at radius 2 is 2.13 bits per heavy atom. The Morgan fingerprint density at radius 1 is 1.32 bits per heavy atom. The van der Waals surface area contributed by atoms with E-state index in [0.717, 1.165) is 17.0 Å². The molecule has 14 nitrogen and oxygen atoms in total. The lowest BCUT2D eigenvalue weighted by Crippen LogP contribution is -2.71. The van der Waals surface area contributed by atoms with Gasteiger partial charge in [0.15, 0.2) is 17.5 Å². The first-order valence-corrected chi connectivity index (χ1v) is 13.0. The van der Waals surface area contributed by atoms with E-state index in [4.69, 9.17) is 16.3 Å². The molecule has 0 bridgehead atoms. The smallest absolute Gasteiger partial charge is 0.352 e. The largest absolute Gasteiger partial charge is 0.477 e. The summed E-state index contributed by atoms with van der Waals surface area (Å²) in [5.74, 6) is -3.07. The molecule has 3 aromatic heterocycles. The molecule has 0 spiro atoms. The number of aromatic nitrogens is 3. The molecule has 196 valence electrons. The third-order valence-electron chi connectivity index (χ3n) is 5.81. The van der Waals surface area contributed by atoms with E-state index >= 15 is 0 Å². The highest BCUT2D eigenvalue weighted by Crippen LogP contribution is 2.40. The summed E-state index contributed by atoms with van der Waals surface area (Å²) in [5, 5.41) is 17.2. The Labute approximate surface area is 222 Å². The second-order valence-corrected chi connectivity index (χ2v) is 10.3. The maximum absolute atomic E-state index is 13.1. The van der Waals surface area contributed by atoms with Crippen molar-refractivity contribution in [1.82, 2.24) is 19.6 Å². The van der Waals surface area contributed by atoms with Gasteiger partial charge in [0, 0.05) is 22.8 Å². The molecule has 1 fully saturated rings. The number of thiazole rings is 1. The van der Waals surface area contributed by atoms with Crippen LogP contribution in [0.4, 0.5) is 5.13 Å². The monoisotopic (exact) mass is 557 g/mol. The average Bonchev–Trinajstić information content (AvgIpc) is 3.50. The molecule has 0 unspecified atom stereocenters. The molecule has 38 heavy (non-hydrogen) atoms. The molecule has 0 saturated carbocycles. The standard InChI is InChI=1S/C22H20N8O6S2/c23-13(31)8-36-27-15(12-10-38-22(24)25-12)18(32)26-16-19(33)30-17(21(34)35)11(9-37-20(16)30)7-29-6-5-28-4-2-1-3-14(28)29/h1-6,10,16,20H,7-9H2,(H5-,23,24,25,26,31,32,34,35)/p+1/b27-15-/t16-,20+/m1/s1. The number of carbonyl (C=O) groups is 4. The highest BCUT2D eigenvalue weighted by molar-refractivity contribution is 8.00. The predicted octanol–water partition coefficient (Wildman–Crippen LogP) is -1.09. The van der Waals surface area contributed by atoms with Gasteiger partial charge in [-0.15, -0.1) is 23.1 Å². The summed E-state index contributed by atoms with van der Waals surface area (Å²) in [6, 6.07) is 4.66. The zero-order valence-corrected chi connectivity index (χ0v) is 21.1. The highest BCUT2D eigenvalue weighted by atomic mass is 32.2. The van der Waals surface area contributed by atoms with Gasteiger partial charge in [-0.2, -0.15) is 0 Å². The summed E-state index contributed by atoms with van der Waals surface area (Å²) >= 11 is 2.40. The van der Waals surface area contributed by atoms with Crippen molar-refractivity contribution in [3.05, 3.63) is 59.1 Å². The zero-order valence-electron chi connectivity index (χ0n) is 19.5. The molecule has 0 radical (unpaired) electrons. The van der Waals surface area contributed by atoms with Crippen LogP contribution >= 0.6 is 23.1 Å². The lowest BCUT2D eigenvalue weighted by molar-refractivity contribution is -0.662. The molecule has 5 heterocycles. The summed E-state index contributed by atoms with van der Waals surface area (Å²) in [5.41, 5.74) is 11.8. The van der Waals surface area contributed by atoms with Gasteiger partial charge in [0.2, 0.25) is 0 Å². The van der Waals surface area contributed by atoms with Crippen LogP contribution in [-0.2, 0) is 30.6 Å². The van der Waals surface area contributed by atoms with E-state index in [1.807, 2.05) is 45.8 Å². The number of nitrogen functional groups attached to an aromatic ring is 1. The minimum Gasteiger partial charge on any atom is -0.477 e. The van der Waals surface area contributed by atoms with Crippen LogP contribution in [0.3, 0.4) is 0 Å². The third kappa shape index (κ3) is 4.66. The van der Waals surface area contributed by atoms with E-state index in [9.17, 15) is 24.3 Å². The number of nitrogens with one attached hydrogen (secondary N) is 1. The van der Waals surface area contributed by atoms with Gasteiger partial charge >= 0.3 is 5.97 Å². The van der Waals surface area contributed by atoms with E-state index in [1.165, 1.54) is 22.0 Å². The van der Waals surface area contributed by atoms with Crippen molar-refractivity contribution in [2.24, 2.45) is 10.9 Å². The molecular weight excluding hydrogens is 536 g/mol. The lowest BCUT2D eigenvalue weighted by atomic mass is 10.0. The number of hydrogen-bond donors (Lipinski definition) is 4. The molecule has 0 aromatic carbocycles. The minimum atomic E-state index is -1.23. The van der Waals surface area contributed by atoms with E-state index in [1.54, 1.807) is 0 Å². The molecule has 1 saturated heterocycles. The highest BCUT2D eigenvalue weighted by Gasteiger charge is 2.54. The van der Waals surface area contributed by atoms with Gasteiger partial charge in [-0.3, -0.25) is 19.3 Å². The third-order valence-corrected chi connectivity index (χ3v) is 7.82. The summed E-state index contributed by atoms with van der Waals surface area (Å²) in [7, 11) is 0. The van der Waals surface area contributed by atoms with Crippen molar-refractivity contribution in [3.63, 3.8) is 0 Å². The number of rotatable bonds is 9. The van der Waals surface area contributed by atoms with E-state index in [-0.39, 0.29) is 28.8 Å². The number of nitrogens with zero attached hydrogens (tertiary/aromatic N) is 5. The number of carboxylic acid groups (broad SMARTS) is 1. The molecule has 3 aromatic rings. The first-order valence-electron chi connectivity index (χ1n) is 11.1. The van der Waals surface area contributed by atoms with Gasteiger partial charge in [-0.05, 0) is 6.07 Å². The van der Waals surface area contributed by atoms with Gasteiger partial charge in [0.1, 0.15) is 41.7 Å². The van der Waals surface area contributed by atoms with Gasteiger partial charge in [-0.1, -0.05) is 11.2 Å². The Balaban J connectivity index is 1.36. The van der Waals surface area contributed by atoms with Crippen LogP contribution < -0.4 is 21.4 Å². The number of imidazole rings is 1. The van der Waals surface area contributed by atoms with Crippen LogP contribution in [0.25, 0.3) is 5.65 Å². The number of carboxylic acids is 1. The van der Waals surface area contributed by atoms with Crippen molar-refractivity contribution in [1.29, 1.82) is 0 Å². The number of fused-ring (bicyclic) bond motifs is 2. The second-order valence-electron chi connectivity index (χ2n) is 8.26. The average molecular weight is 558 g/mol. The molecule has 6 N–H and O–H groups in total. The lowest BCUT2D eigenvalue weighted by Gasteiger charge is -2.49. The maximum Gasteiger partial charge on any atom is 0.352 e. The van der Waals surface area contributed by atoms with E-state index in [2.05, 4.69) is 15.5 Å². The van der Waals surface area contributed by atoms with Crippen molar-refractivity contribution in [2.45, 2.75) is 18.0 Å². The summed E-state index contributed by atoms with van der Waals surface area (Å²) in [6.07, 6.45) is 5.58. The second kappa shape index (κ2) is 10.1. The van der Waals surface area contributed by atoms with Crippen molar-refractivity contribution >= 4 is 63.3 Å². The normalized spacial score (nSPS) is 19.2. The van der Waals surface area contributed by atoms with Gasteiger partial charge in [-0.25, -0.2) is 18.7 Å².